The third-order valence-corrected chi connectivity index (χ3v) is 5.67. The lowest BCUT2D eigenvalue weighted by atomic mass is 10.0. The average Bonchev–Trinajstić information content (AvgIpc) is 2.78. The number of nitrogens with zero attached hydrogens (tertiary/aromatic N) is 3. The van der Waals surface area contributed by atoms with Crippen LogP contribution in [0.25, 0.3) is 6.08 Å². The number of imide groups is 2. The molecule has 10 heteroatoms. The average molecular weight is 449 g/mol. The lowest BCUT2D eigenvalue weighted by Crippen LogP contribution is -2.54. The number of rotatable bonds is 4. The van der Waals surface area contributed by atoms with Gasteiger partial charge in [0.15, 0.2) is 0 Å². The number of aryl methyl sites for hydroxylation is 2. The zero-order chi connectivity index (χ0) is 23.7. The van der Waals surface area contributed by atoms with Crippen LogP contribution in [-0.4, -0.2) is 48.9 Å². The number of non-ortho nitro benzene ring substituents is 1. The number of carbonyl (C=O) groups is 3. The summed E-state index contributed by atoms with van der Waals surface area (Å²) >= 11 is 0. The number of nitro groups is 1. The molecule has 2 aromatic carbocycles. The van der Waals surface area contributed by atoms with Crippen molar-refractivity contribution >= 4 is 41.0 Å². The molecule has 2 heterocycles. The van der Waals surface area contributed by atoms with Crippen molar-refractivity contribution in [3.05, 3.63) is 68.8 Å². The van der Waals surface area contributed by atoms with E-state index < -0.39 is 22.8 Å². The Morgan fingerprint density at radius 3 is 2.36 bits per heavy atom. The number of nitro benzene ring substituents is 1. The Morgan fingerprint density at radius 1 is 1.00 bits per heavy atom. The van der Waals surface area contributed by atoms with E-state index >= 15 is 0 Å². The molecule has 2 aromatic rings. The van der Waals surface area contributed by atoms with E-state index in [1.807, 2.05) is 17.9 Å². The minimum Gasteiger partial charge on any atom is -0.368 e. The maximum Gasteiger partial charge on any atom is 0.335 e. The Labute approximate surface area is 190 Å². The highest BCUT2D eigenvalue weighted by molar-refractivity contribution is 6.39. The van der Waals surface area contributed by atoms with Crippen molar-refractivity contribution in [1.29, 1.82) is 0 Å². The maximum atomic E-state index is 13.3. The number of nitrogens with one attached hydrogen (secondary N) is 2. The monoisotopic (exact) mass is 449 g/mol. The first-order chi connectivity index (χ1) is 15.8. The second-order valence-electron chi connectivity index (χ2n) is 7.99. The standard InChI is InChI=1S/C23H23N5O5/c1-14-3-5-19(15(2)11-14)27-22(30)18(21(29)25-23(27)31)13-16-12-17(28(32)33)4-6-20(16)26-9-7-24-8-10-26/h3-6,11-13,24H,7-10H2,1-2H3,(H,25,29,31)/b18-13-. The van der Waals surface area contributed by atoms with E-state index in [-0.39, 0.29) is 11.3 Å². The van der Waals surface area contributed by atoms with Crippen LogP contribution in [0.15, 0.2) is 42.0 Å². The fourth-order valence-corrected chi connectivity index (χ4v) is 4.05. The van der Waals surface area contributed by atoms with Crippen LogP contribution in [-0.2, 0) is 9.59 Å². The van der Waals surface area contributed by atoms with Crippen molar-refractivity contribution in [3.8, 4) is 0 Å². The van der Waals surface area contributed by atoms with Crippen LogP contribution in [0.2, 0.25) is 0 Å². The smallest absolute Gasteiger partial charge is 0.335 e. The molecule has 10 nitrogen and oxygen atoms in total. The molecule has 2 N–H and O–H groups in total. The zero-order valence-electron chi connectivity index (χ0n) is 18.3. The lowest BCUT2D eigenvalue weighted by Gasteiger charge is -2.31. The van der Waals surface area contributed by atoms with E-state index in [9.17, 15) is 24.5 Å². The summed E-state index contributed by atoms with van der Waals surface area (Å²) in [5.74, 6) is -1.63. The molecule has 0 unspecified atom stereocenters. The van der Waals surface area contributed by atoms with Gasteiger partial charge in [0.25, 0.3) is 17.5 Å². The fraction of sp³-hybridized carbons (Fsp3) is 0.261. The predicted octanol–water partition coefficient (Wildman–Crippen LogP) is 2.29. The topological polar surface area (TPSA) is 125 Å². The Bertz CT molecular complexity index is 1200. The predicted molar refractivity (Wildman–Crippen MR) is 123 cm³/mol. The van der Waals surface area contributed by atoms with E-state index in [0.717, 1.165) is 23.6 Å². The summed E-state index contributed by atoms with van der Waals surface area (Å²) in [5, 5.41) is 16.8. The van der Waals surface area contributed by atoms with E-state index in [4.69, 9.17) is 0 Å². The third-order valence-electron chi connectivity index (χ3n) is 5.67. The summed E-state index contributed by atoms with van der Waals surface area (Å²) in [7, 11) is 0. The number of hydrogen-bond donors (Lipinski definition) is 2. The zero-order valence-corrected chi connectivity index (χ0v) is 18.3. The lowest BCUT2D eigenvalue weighted by molar-refractivity contribution is -0.384. The fourth-order valence-electron chi connectivity index (χ4n) is 4.05. The summed E-state index contributed by atoms with van der Waals surface area (Å²) in [5.41, 5.74) is 2.63. The summed E-state index contributed by atoms with van der Waals surface area (Å²) < 4.78 is 0. The molecule has 0 atom stereocenters. The first-order valence-corrected chi connectivity index (χ1v) is 10.5. The van der Waals surface area contributed by atoms with Gasteiger partial charge in [-0.15, -0.1) is 0 Å². The van der Waals surface area contributed by atoms with E-state index in [0.29, 0.717) is 35.6 Å². The van der Waals surface area contributed by atoms with Crippen molar-refractivity contribution < 1.29 is 19.3 Å². The third kappa shape index (κ3) is 4.33. The number of hydrogen-bond acceptors (Lipinski definition) is 7. The largest absolute Gasteiger partial charge is 0.368 e. The highest BCUT2D eigenvalue weighted by atomic mass is 16.6. The molecule has 0 aliphatic carbocycles. The van der Waals surface area contributed by atoms with Gasteiger partial charge < -0.3 is 10.2 Å². The van der Waals surface area contributed by atoms with Crippen LogP contribution < -0.4 is 20.4 Å². The van der Waals surface area contributed by atoms with Gasteiger partial charge in [-0.25, -0.2) is 9.69 Å². The molecule has 2 aliphatic heterocycles. The molecular weight excluding hydrogens is 426 g/mol. The van der Waals surface area contributed by atoms with Gasteiger partial charge in [0, 0.05) is 49.6 Å². The van der Waals surface area contributed by atoms with Crippen LogP contribution >= 0.6 is 0 Å². The van der Waals surface area contributed by atoms with Crippen LogP contribution in [0.4, 0.5) is 21.9 Å². The number of carbonyl (C=O) groups excluding carboxylic acids is 3. The van der Waals surface area contributed by atoms with Crippen LogP contribution in [0.3, 0.4) is 0 Å². The molecule has 2 saturated heterocycles. The second kappa shape index (κ2) is 8.83. The Kier molecular flexibility index (Phi) is 5.93. The van der Waals surface area contributed by atoms with Crippen LogP contribution in [0, 0.1) is 24.0 Å². The molecule has 0 saturated carbocycles. The number of anilines is 2. The molecular formula is C23H23N5O5. The van der Waals surface area contributed by atoms with E-state index in [1.54, 1.807) is 25.1 Å². The van der Waals surface area contributed by atoms with Gasteiger partial charge in [-0.3, -0.25) is 25.0 Å². The quantitative estimate of drug-likeness (QED) is 0.318. The molecule has 0 spiro atoms. The number of barbiturate groups is 1. The molecule has 2 aliphatic rings. The number of amides is 4. The first-order valence-electron chi connectivity index (χ1n) is 10.5. The van der Waals surface area contributed by atoms with Crippen LogP contribution in [0.1, 0.15) is 16.7 Å². The van der Waals surface area contributed by atoms with E-state index in [1.165, 1.54) is 18.2 Å². The minimum absolute atomic E-state index is 0.160. The summed E-state index contributed by atoms with van der Waals surface area (Å²) in [6.45, 7) is 6.47. The van der Waals surface area contributed by atoms with Gasteiger partial charge in [0.2, 0.25) is 0 Å². The van der Waals surface area contributed by atoms with Gasteiger partial charge in [0.05, 0.1) is 10.6 Å². The number of benzene rings is 2. The molecule has 4 amide bonds. The first kappa shape index (κ1) is 22.2. The van der Waals surface area contributed by atoms with Crippen molar-refractivity contribution in [2.75, 3.05) is 36.0 Å². The van der Waals surface area contributed by atoms with Crippen molar-refractivity contribution in [1.82, 2.24) is 10.6 Å². The number of urea groups is 1. The van der Waals surface area contributed by atoms with Gasteiger partial charge in [-0.1, -0.05) is 17.7 Å². The second-order valence-corrected chi connectivity index (χ2v) is 7.99. The summed E-state index contributed by atoms with van der Waals surface area (Å²) in [6.07, 6.45) is 1.32. The number of piperazine rings is 1. The van der Waals surface area contributed by atoms with Gasteiger partial charge in [-0.2, -0.15) is 0 Å². The van der Waals surface area contributed by atoms with Gasteiger partial charge in [-0.05, 0) is 37.6 Å². The molecule has 4 rings (SSSR count). The Balaban J connectivity index is 1.80. The Morgan fingerprint density at radius 2 is 1.70 bits per heavy atom. The van der Waals surface area contributed by atoms with E-state index in [2.05, 4.69) is 10.6 Å². The molecule has 0 radical (unpaired) electrons. The Hall–Kier alpha value is -4.05. The highest BCUT2D eigenvalue weighted by Gasteiger charge is 2.37. The summed E-state index contributed by atoms with van der Waals surface area (Å²) in [6, 6.07) is 8.76. The molecule has 0 aromatic heterocycles. The SMILES string of the molecule is Cc1ccc(N2C(=O)NC(=O)/C(=C/c3cc([N+](=O)[O-])ccc3N3CCNCC3)C2=O)c(C)c1. The van der Waals surface area contributed by atoms with Gasteiger partial charge in [0.1, 0.15) is 5.57 Å². The van der Waals surface area contributed by atoms with Gasteiger partial charge >= 0.3 is 6.03 Å². The van der Waals surface area contributed by atoms with Crippen molar-refractivity contribution in [2.24, 2.45) is 0 Å². The molecule has 0 bridgehead atoms. The van der Waals surface area contributed by atoms with Crippen LogP contribution in [0.5, 0.6) is 0 Å². The maximum absolute atomic E-state index is 13.3. The highest BCUT2D eigenvalue weighted by Crippen LogP contribution is 2.30. The normalized spacial score (nSPS) is 18.0. The summed E-state index contributed by atoms with van der Waals surface area (Å²) in [4.78, 5) is 52.3. The molecule has 170 valence electrons. The molecule has 33 heavy (non-hydrogen) atoms. The van der Waals surface area contributed by atoms with Crippen molar-refractivity contribution in [3.63, 3.8) is 0 Å². The minimum atomic E-state index is -0.844. The van der Waals surface area contributed by atoms with Crippen molar-refractivity contribution in [2.45, 2.75) is 13.8 Å². The molecule has 2 fully saturated rings.